The zero-order valence-electron chi connectivity index (χ0n) is 18.2. The first-order valence-corrected chi connectivity index (χ1v) is 10.1. The molecule has 0 fully saturated rings. The van der Waals surface area contributed by atoms with E-state index in [-0.39, 0.29) is 18.8 Å². The summed E-state index contributed by atoms with van der Waals surface area (Å²) in [7, 11) is 0. The van der Waals surface area contributed by atoms with Crippen molar-refractivity contribution in [3.63, 3.8) is 0 Å². The van der Waals surface area contributed by atoms with Gasteiger partial charge in [0.15, 0.2) is 0 Å². The summed E-state index contributed by atoms with van der Waals surface area (Å²) in [4.78, 5) is 35.2. The minimum Gasteiger partial charge on any atom is -0.494 e. The van der Waals surface area contributed by atoms with Gasteiger partial charge in [-0.2, -0.15) is 0 Å². The van der Waals surface area contributed by atoms with Gasteiger partial charge >= 0.3 is 17.9 Å². The van der Waals surface area contributed by atoms with Gasteiger partial charge in [-0.05, 0) is 61.4 Å². The molecule has 2 aromatic rings. The van der Waals surface area contributed by atoms with Crippen molar-refractivity contribution in [2.24, 2.45) is 0 Å². The monoisotopic (exact) mass is 438 g/mol. The van der Waals surface area contributed by atoms with Gasteiger partial charge < -0.3 is 18.9 Å². The predicted molar refractivity (Wildman–Crippen MR) is 119 cm³/mol. The predicted octanol–water partition coefficient (Wildman–Crippen LogP) is 4.37. The van der Waals surface area contributed by atoms with E-state index in [0.29, 0.717) is 29.2 Å². The number of rotatable bonds is 11. The largest absolute Gasteiger partial charge is 0.494 e. The van der Waals surface area contributed by atoms with Crippen LogP contribution in [0.5, 0.6) is 11.5 Å². The Morgan fingerprint density at radius 3 is 2.12 bits per heavy atom. The fourth-order valence-corrected chi connectivity index (χ4v) is 2.33. The number of carbonyl (C=O) groups excluding carboxylic acids is 3. The van der Waals surface area contributed by atoms with Crippen molar-refractivity contribution >= 4 is 24.0 Å². The molecule has 0 aromatic heterocycles. The topological polar surface area (TPSA) is 88.1 Å². The van der Waals surface area contributed by atoms with Crippen molar-refractivity contribution in [2.75, 3.05) is 19.8 Å². The molecule has 7 heteroatoms. The van der Waals surface area contributed by atoms with E-state index in [1.807, 2.05) is 6.92 Å². The minimum absolute atomic E-state index is 0.0418. The Bertz CT molecular complexity index is 957. The van der Waals surface area contributed by atoms with Gasteiger partial charge in [-0.1, -0.05) is 25.6 Å². The van der Waals surface area contributed by atoms with Crippen molar-refractivity contribution in [3.8, 4) is 11.5 Å². The lowest BCUT2D eigenvalue weighted by Crippen LogP contribution is -2.12. The first kappa shape index (κ1) is 24.4. The number of ether oxygens (including phenoxy) is 4. The summed E-state index contributed by atoms with van der Waals surface area (Å²) in [6.07, 6.45) is 3.72. The highest BCUT2D eigenvalue weighted by Crippen LogP contribution is 2.17. The van der Waals surface area contributed by atoms with Crippen molar-refractivity contribution in [2.45, 2.75) is 20.3 Å². The molecule has 0 saturated heterocycles. The lowest BCUT2D eigenvalue weighted by atomic mass is 10.2. The van der Waals surface area contributed by atoms with E-state index in [4.69, 9.17) is 18.9 Å². The molecule has 0 unspecified atom stereocenters. The van der Waals surface area contributed by atoms with Crippen LogP contribution in [-0.4, -0.2) is 37.7 Å². The molecule has 0 spiro atoms. The maximum Gasteiger partial charge on any atom is 0.343 e. The first-order valence-electron chi connectivity index (χ1n) is 10.1. The highest BCUT2D eigenvalue weighted by atomic mass is 16.6. The second-order valence-corrected chi connectivity index (χ2v) is 6.75. The lowest BCUT2D eigenvalue weighted by molar-refractivity contribution is -0.146. The zero-order valence-corrected chi connectivity index (χ0v) is 18.2. The molecule has 2 aromatic carbocycles. The quantitative estimate of drug-likeness (QED) is 0.223. The Labute approximate surface area is 187 Å². The summed E-state index contributed by atoms with van der Waals surface area (Å²) in [5.74, 6) is -0.508. The minimum atomic E-state index is -0.571. The third-order valence-corrected chi connectivity index (χ3v) is 3.97. The van der Waals surface area contributed by atoms with Crippen LogP contribution in [0.2, 0.25) is 0 Å². The fraction of sp³-hybridized carbons (Fsp3) is 0.240. The standard InChI is InChI=1S/C25H26O7/c1-4-15-29-21-12-8-20(9-13-21)25(28)32-22-10-5-19(6-11-22)7-14-23(26)30-16-17-31-24(27)18(2)3/h5-14H,2,4,15-17H2,1,3H3/b14-7+. The molecule has 7 nitrogen and oxygen atoms in total. The third-order valence-electron chi connectivity index (χ3n) is 3.97. The van der Waals surface area contributed by atoms with Gasteiger partial charge in [0.2, 0.25) is 0 Å². The van der Waals surface area contributed by atoms with Gasteiger partial charge in [-0.3, -0.25) is 0 Å². The molecule has 0 N–H and O–H groups in total. The van der Waals surface area contributed by atoms with E-state index in [1.165, 1.54) is 13.0 Å². The summed E-state index contributed by atoms with van der Waals surface area (Å²) in [6.45, 7) is 7.53. The van der Waals surface area contributed by atoms with Gasteiger partial charge in [0.1, 0.15) is 24.7 Å². The Morgan fingerprint density at radius 1 is 0.875 bits per heavy atom. The van der Waals surface area contributed by atoms with E-state index >= 15 is 0 Å². The third kappa shape index (κ3) is 8.47. The molecule has 168 valence electrons. The number of carbonyl (C=O) groups is 3. The van der Waals surface area contributed by atoms with E-state index < -0.39 is 17.9 Å². The number of hydrogen-bond donors (Lipinski definition) is 0. The second kappa shape index (κ2) is 12.7. The van der Waals surface area contributed by atoms with Crippen LogP contribution in [-0.2, 0) is 19.1 Å². The van der Waals surface area contributed by atoms with Gasteiger partial charge in [-0.25, -0.2) is 14.4 Å². The van der Waals surface area contributed by atoms with Gasteiger partial charge in [-0.15, -0.1) is 0 Å². The SMILES string of the molecule is C=C(C)C(=O)OCCOC(=O)/C=C/c1ccc(OC(=O)c2ccc(OCCC)cc2)cc1. The molecular weight excluding hydrogens is 412 g/mol. The summed E-state index contributed by atoms with van der Waals surface area (Å²) in [5, 5.41) is 0. The van der Waals surface area contributed by atoms with Crippen molar-refractivity contribution in [1.29, 1.82) is 0 Å². The average Bonchev–Trinajstić information content (AvgIpc) is 2.80. The van der Waals surface area contributed by atoms with Crippen molar-refractivity contribution in [3.05, 3.63) is 77.9 Å². The van der Waals surface area contributed by atoms with E-state index in [1.54, 1.807) is 54.6 Å². The van der Waals surface area contributed by atoms with Gasteiger partial charge in [0.25, 0.3) is 0 Å². The Morgan fingerprint density at radius 2 is 1.50 bits per heavy atom. The Hall–Kier alpha value is -3.87. The highest BCUT2D eigenvalue weighted by molar-refractivity contribution is 5.91. The average molecular weight is 438 g/mol. The normalized spacial score (nSPS) is 10.4. The molecular formula is C25H26O7. The molecule has 0 radical (unpaired) electrons. The maximum atomic E-state index is 12.3. The van der Waals surface area contributed by atoms with E-state index in [2.05, 4.69) is 6.58 Å². The molecule has 0 aliphatic rings. The molecule has 0 atom stereocenters. The molecule has 0 bridgehead atoms. The van der Waals surface area contributed by atoms with Crippen molar-refractivity contribution in [1.82, 2.24) is 0 Å². The number of hydrogen-bond acceptors (Lipinski definition) is 7. The molecule has 2 rings (SSSR count). The van der Waals surface area contributed by atoms with Crippen LogP contribution in [0.4, 0.5) is 0 Å². The lowest BCUT2D eigenvalue weighted by Gasteiger charge is -2.07. The molecule has 0 aliphatic carbocycles. The first-order chi connectivity index (χ1) is 15.4. The smallest absolute Gasteiger partial charge is 0.343 e. The van der Waals surface area contributed by atoms with Crippen LogP contribution in [0.25, 0.3) is 6.08 Å². The Balaban J connectivity index is 1.79. The molecule has 0 aliphatic heterocycles. The summed E-state index contributed by atoms with van der Waals surface area (Å²) in [5.41, 5.74) is 1.41. The highest BCUT2D eigenvalue weighted by Gasteiger charge is 2.09. The van der Waals surface area contributed by atoms with Crippen molar-refractivity contribution < 1.29 is 33.3 Å². The van der Waals surface area contributed by atoms with E-state index in [0.717, 1.165) is 6.42 Å². The maximum absolute atomic E-state index is 12.3. The van der Waals surface area contributed by atoms with Gasteiger partial charge in [0, 0.05) is 11.6 Å². The van der Waals surface area contributed by atoms with Crippen LogP contribution in [0, 0.1) is 0 Å². The van der Waals surface area contributed by atoms with Crippen LogP contribution in [0.1, 0.15) is 36.2 Å². The number of benzene rings is 2. The van der Waals surface area contributed by atoms with Gasteiger partial charge in [0.05, 0.1) is 12.2 Å². The second-order valence-electron chi connectivity index (χ2n) is 6.75. The molecule has 32 heavy (non-hydrogen) atoms. The van der Waals surface area contributed by atoms with Crippen LogP contribution < -0.4 is 9.47 Å². The van der Waals surface area contributed by atoms with Crippen LogP contribution in [0.15, 0.2) is 66.8 Å². The Kier molecular flexibility index (Phi) is 9.71. The molecule has 0 amide bonds. The molecule has 0 heterocycles. The summed E-state index contributed by atoms with van der Waals surface area (Å²) >= 11 is 0. The fourth-order valence-electron chi connectivity index (χ4n) is 2.33. The number of esters is 3. The zero-order chi connectivity index (χ0) is 23.3. The van der Waals surface area contributed by atoms with Crippen LogP contribution in [0.3, 0.4) is 0 Å². The molecule has 0 saturated carbocycles. The van der Waals surface area contributed by atoms with Crippen LogP contribution >= 0.6 is 0 Å². The summed E-state index contributed by atoms with van der Waals surface area (Å²) < 4.78 is 20.6. The van der Waals surface area contributed by atoms with E-state index in [9.17, 15) is 14.4 Å². The summed E-state index contributed by atoms with van der Waals surface area (Å²) in [6, 6.07) is 13.4.